The first-order valence-corrected chi connectivity index (χ1v) is 9.91. The fourth-order valence-electron chi connectivity index (χ4n) is 3.75. The van der Waals surface area contributed by atoms with Crippen LogP contribution < -0.4 is 0 Å². The number of hydrogen-bond donors (Lipinski definition) is 1. The van der Waals surface area contributed by atoms with E-state index >= 15 is 0 Å². The molecule has 1 N–H and O–H groups in total. The topological polar surface area (TPSA) is 53.4 Å². The number of nitrogens with zero attached hydrogens (tertiary/aromatic N) is 1. The molecule has 0 fully saturated rings. The van der Waals surface area contributed by atoms with Crippen LogP contribution in [0.1, 0.15) is 73.1 Å². The number of esters is 1. The van der Waals surface area contributed by atoms with E-state index in [1.807, 2.05) is 0 Å². The zero-order valence-corrected chi connectivity index (χ0v) is 17.2. The van der Waals surface area contributed by atoms with Gasteiger partial charge < -0.3 is 4.74 Å². The van der Waals surface area contributed by atoms with Crippen LogP contribution in [-0.4, -0.2) is 42.8 Å². The van der Waals surface area contributed by atoms with E-state index in [2.05, 4.69) is 45.7 Å². The zero-order valence-electron chi connectivity index (χ0n) is 17.2. The maximum atomic E-state index is 12.0. The van der Waals surface area contributed by atoms with Crippen LogP contribution in [0.3, 0.4) is 0 Å². The number of rotatable bonds is 10. The summed E-state index contributed by atoms with van der Waals surface area (Å²) in [7, 11) is 2.18. The van der Waals surface area contributed by atoms with Crippen LogP contribution in [0.4, 0.5) is 0 Å². The average Bonchev–Trinajstić information content (AvgIpc) is 2.56. The number of likely N-dealkylation sites (N-methyl/N-ethyl adjacent to an activating group) is 1. The van der Waals surface area contributed by atoms with Crippen molar-refractivity contribution in [3.8, 4) is 0 Å². The molecular weight excluding hydrogens is 312 g/mol. The van der Waals surface area contributed by atoms with E-state index in [4.69, 9.17) is 10.1 Å². The van der Waals surface area contributed by atoms with Crippen molar-refractivity contribution in [2.45, 2.75) is 79.2 Å². The summed E-state index contributed by atoms with van der Waals surface area (Å²) in [6.07, 6.45) is 8.99. The minimum atomic E-state index is -0.498. The van der Waals surface area contributed by atoms with Crippen molar-refractivity contribution in [1.82, 2.24) is 4.90 Å². The summed E-state index contributed by atoms with van der Waals surface area (Å²) in [5, 5.41) is 8.21. The van der Waals surface area contributed by atoms with E-state index in [1.165, 1.54) is 25.7 Å². The van der Waals surface area contributed by atoms with Gasteiger partial charge in [0.25, 0.3) is 0 Å². The van der Waals surface area contributed by atoms with Gasteiger partial charge in [0.1, 0.15) is 5.71 Å². The number of carbonyl (C=O) groups excluding carboxylic acids is 1. The monoisotopic (exact) mass is 350 g/mol. The molecule has 25 heavy (non-hydrogen) atoms. The van der Waals surface area contributed by atoms with Crippen molar-refractivity contribution in [3.05, 3.63) is 11.6 Å². The van der Waals surface area contributed by atoms with Gasteiger partial charge >= 0.3 is 5.97 Å². The van der Waals surface area contributed by atoms with Gasteiger partial charge in [-0.2, -0.15) is 0 Å². The predicted molar refractivity (Wildman–Crippen MR) is 105 cm³/mol. The van der Waals surface area contributed by atoms with E-state index in [9.17, 15) is 4.79 Å². The molecular formula is C21H38N2O2. The lowest BCUT2D eigenvalue weighted by molar-refractivity contribution is -0.135. The molecule has 0 aliphatic heterocycles. The second-order valence-electron chi connectivity index (χ2n) is 8.26. The van der Waals surface area contributed by atoms with Gasteiger partial charge in [-0.25, -0.2) is 4.79 Å². The summed E-state index contributed by atoms with van der Waals surface area (Å²) >= 11 is 0. The van der Waals surface area contributed by atoms with E-state index in [0.717, 1.165) is 30.9 Å². The minimum absolute atomic E-state index is 0.0334. The largest absolute Gasteiger partial charge is 0.461 e. The molecule has 0 aromatic carbocycles. The first-order chi connectivity index (χ1) is 11.7. The van der Waals surface area contributed by atoms with Crippen LogP contribution in [0, 0.1) is 16.7 Å². The Hall–Kier alpha value is -1.16. The molecule has 0 saturated heterocycles. The highest BCUT2D eigenvalue weighted by Gasteiger charge is 2.33. The highest BCUT2D eigenvalue weighted by molar-refractivity contribution is 6.41. The quantitative estimate of drug-likeness (QED) is 0.453. The maximum Gasteiger partial charge on any atom is 0.356 e. The highest BCUT2D eigenvalue weighted by Crippen LogP contribution is 2.37. The fraction of sp³-hybridized carbons (Fsp3) is 0.810. The van der Waals surface area contributed by atoms with Crippen molar-refractivity contribution >= 4 is 11.7 Å². The molecule has 0 bridgehead atoms. The Morgan fingerprint density at radius 3 is 2.64 bits per heavy atom. The lowest BCUT2D eigenvalue weighted by Crippen LogP contribution is -2.41. The van der Waals surface area contributed by atoms with Crippen LogP contribution in [0.5, 0.6) is 0 Å². The molecule has 0 spiro atoms. The van der Waals surface area contributed by atoms with Gasteiger partial charge in [-0.15, -0.1) is 0 Å². The van der Waals surface area contributed by atoms with Crippen LogP contribution in [-0.2, 0) is 9.53 Å². The SMILES string of the molecule is CCCCC(CC)CN(C)C1C=C(C(=N)C(=O)OCC)CC(C)(C)C1. The predicted octanol–water partition coefficient (Wildman–Crippen LogP) is 4.83. The summed E-state index contributed by atoms with van der Waals surface area (Å²) in [4.78, 5) is 14.4. The van der Waals surface area contributed by atoms with Crippen LogP contribution in [0.15, 0.2) is 11.6 Å². The molecule has 4 nitrogen and oxygen atoms in total. The molecule has 0 aromatic rings. The molecule has 4 heteroatoms. The number of carbonyl (C=O) groups is 1. The lowest BCUT2D eigenvalue weighted by atomic mass is 9.73. The van der Waals surface area contributed by atoms with Gasteiger partial charge in [0.2, 0.25) is 0 Å². The van der Waals surface area contributed by atoms with Crippen LogP contribution in [0.2, 0.25) is 0 Å². The number of hydrogen-bond acceptors (Lipinski definition) is 4. The maximum absolute atomic E-state index is 12.0. The first kappa shape index (κ1) is 21.9. The Labute approximate surface area is 154 Å². The van der Waals surface area contributed by atoms with E-state index in [1.54, 1.807) is 6.92 Å². The van der Waals surface area contributed by atoms with Crippen molar-refractivity contribution < 1.29 is 9.53 Å². The molecule has 144 valence electrons. The van der Waals surface area contributed by atoms with E-state index in [-0.39, 0.29) is 17.2 Å². The van der Waals surface area contributed by atoms with Gasteiger partial charge in [-0.05, 0) is 50.1 Å². The Kier molecular flexibility index (Phi) is 8.84. The molecule has 0 saturated carbocycles. The van der Waals surface area contributed by atoms with Gasteiger partial charge in [0, 0.05) is 12.6 Å². The second-order valence-corrected chi connectivity index (χ2v) is 8.26. The Morgan fingerprint density at radius 2 is 2.08 bits per heavy atom. The minimum Gasteiger partial charge on any atom is -0.461 e. The molecule has 0 aromatic heterocycles. The standard InChI is InChI=1S/C21H38N2O2/c1-7-10-11-16(8-2)15-23(6)18-12-17(13-21(4,5)14-18)19(22)20(24)25-9-3/h12,16,18,22H,7-11,13-15H2,1-6H3. The van der Waals surface area contributed by atoms with Gasteiger partial charge in [-0.1, -0.05) is 53.0 Å². The molecule has 0 radical (unpaired) electrons. The molecule has 1 rings (SSSR count). The van der Waals surface area contributed by atoms with E-state index in [0.29, 0.717) is 6.61 Å². The van der Waals surface area contributed by atoms with Crippen molar-refractivity contribution in [1.29, 1.82) is 5.41 Å². The molecule has 0 amide bonds. The van der Waals surface area contributed by atoms with E-state index < -0.39 is 5.97 Å². The third kappa shape index (κ3) is 6.93. The summed E-state index contributed by atoms with van der Waals surface area (Å²) in [6, 6.07) is 0.282. The third-order valence-electron chi connectivity index (χ3n) is 5.28. The van der Waals surface area contributed by atoms with Crippen molar-refractivity contribution in [3.63, 3.8) is 0 Å². The molecule has 1 aliphatic carbocycles. The van der Waals surface area contributed by atoms with Gasteiger partial charge in [0.05, 0.1) is 6.61 Å². The summed E-state index contributed by atoms with van der Waals surface area (Å²) in [5.74, 6) is 0.221. The van der Waals surface area contributed by atoms with Crippen molar-refractivity contribution in [2.24, 2.45) is 11.3 Å². The number of nitrogens with one attached hydrogen (secondary N) is 1. The van der Waals surface area contributed by atoms with Gasteiger partial charge in [-0.3, -0.25) is 10.3 Å². The molecule has 2 unspecified atom stereocenters. The fourth-order valence-corrected chi connectivity index (χ4v) is 3.75. The Morgan fingerprint density at radius 1 is 1.40 bits per heavy atom. The highest BCUT2D eigenvalue weighted by atomic mass is 16.5. The second kappa shape index (κ2) is 10.1. The first-order valence-electron chi connectivity index (χ1n) is 9.91. The molecule has 1 aliphatic rings. The summed E-state index contributed by atoms with van der Waals surface area (Å²) in [5.41, 5.74) is 0.964. The summed E-state index contributed by atoms with van der Waals surface area (Å²) in [6.45, 7) is 12.2. The summed E-state index contributed by atoms with van der Waals surface area (Å²) < 4.78 is 5.03. The number of unbranched alkanes of at least 4 members (excludes halogenated alkanes) is 1. The Balaban J connectivity index is 2.87. The lowest BCUT2D eigenvalue weighted by Gasteiger charge is -2.39. The number of ether oxygens (including phenoxy) is 1. The normalized spacial score (nSPS) is 20.9. The smallest absolute Gasteiger partial charge is 0.356 e. The Bertz CT molecular complexity index is 482. The van der Waals surface area contributed by atoms with Gasteiger partial charge in [0.15, 0.2) is 0 Å². The van der Waals surface area contributed by atoms with Crippen molar-refractivity contribution in [2.75, 3.05) is 20.2 Å². The van der Waals surface area contributed by atoms with Crippen LogP contribution in [0.25, 0.3) is 0 Å². The third-order valence-corrected chi connectivity index (χ3v) is 5.28. The van der Waals surface area contributed by atoms with Crippen LogP contribution >= 0.6 is 0 Å². The average molecular weight is 351 g/mol. The molecule has 2 atom stereocenters. The molecule has 0 heterocycles. The zero-order chi connectivity index (χ0) is 19.0.